The molecule has 7 nitrogen and oxygen atoms in total. The van der Waals surface area contributed by atoms with E-state index in [1.165, 1.54) is 11.8 Å². The van der Waals surface area contributed by atoms with Crippen molar-refractivity contribution in [3.8, 4) is 5.75 Å². The molecule has 9 heteroatoms. The lowest BCUT2D eigenvalue weighted by atomic mass is 10.2. The Bertz CT molecular complexity index is 1140. The van der Waals surface area contributed by atoms with Crippen molar-refractivity contribution < 1.29 is 19.1 Å². The molecule has 33 heavy (non-hydrogen) atoms. The summed E-state index contributed by atoms with van der Waals surface area (Å²) < 4.78 is 10.4. The summed E-state index contributed by atoms with van der Waals surface area (Å²) in [7, 11) is 1.65. The second kappa shape index (κ2) is 9.93. The molecular weight excluding hydrogens is 458 g/mol. The number of carbonyl (C=O) groups is 2. The van der Waals surface area contributed by atoms with Gasteiger partial charge < -0.3 is 14.4 Å². The lowest BCUT2D eigenvalue weighted by molar-refractivity contribution is -0.122. The number of amides is 1. The van der Waals surface area contributed by atoms with Crippen LogP contribution in [0, 0.1) is 0 Å². The zero-order valence-corrected chi connectivity index (χ0v) is 20.6. The van der Waals surface area contributed by atoms with Gasteiger partial charge in [-0.25, -0.2) is 9.79 Å². The lowest BCUT2D eigenvalue weighted by Crippen LogP contribution is -2.29. The molecule has 0 N–H and O–H groups in total. The summed E-state index contributed by atoms with van der Waals surface area (Å²) >= 11 is 2.98. The van der Waals surface area contributed by atoms with Crippen LogP contribution in [0.25, 0.3) is 0 Å². The average Bonchev–Trinajstić information content (AvgIpc) is 3.35. The zero-order valence-electron chi connectivity index (χ0n) is 19.0. The first-order valence-corrected chi connectivity index (χ1v) is 12.4. The topological polar surface area (TPSA) is 71.4 Å². The highest BCUT2D eigenvalue weighted by molar-refractivity contribution is 8.19. The Morgan fingerprint density at radius 2 is 1.73 bits per heavy atom. The molecule has 2 heterocycles. The second-order valence-electron chi connectivity index (χ2n) is 7.13. The van der Waals surface area contributed by atoms with Gasteiger partial charge in [-0.3, -0.25) is 9.69 Å². The number of fused-ring (bicyclic) bond motifs is 1. The minimum Gasteiger partial charge on any atom is -0.497 e. The van der Waals surface area contributed by atoms with Crippen molar-refractivity contribution >= 4 is 51.9 Å². The SMILES string of the molecule is CCOC(=O)c1ccc(N=C2S/C(=C3\Sc4ccc(OC)cc4N3CC)C(=O)N2CC)cc1. The van der Waals surface area contributed by atoms with Gasteiger partial charge in [0.05, 0.1) is 30.7 Å². The fourth-order valence-corrected chi connectivity index (χ4v) is 6.00. The molecule has 0 atom stereocenters. The summed E-state index contributed by atoms with van der Waals surface area (Å²) in [4.78, 5) is 35.5. The quantitative estimate of drug-likeness (QED) is 0.410. The molecule has 2 aliphatic heterocycles. The van der Waals surface area contributed by atoms with Crippen LogP contribution in [0.3, 0.4) is 0 Å². The van der Waals surface area contributed by atoms with Crippen LogP contribution >= 0.6 is 23.5 Å². The van der Waals surface area contributed by atoms with Gasteiger partial charge in [-0.05, 0) is 68.9 Å². The Hall–Kier alpha value is -2.91. The molecule has 0 spiro atoms. The number of methoxy groups -OCH3 is 1. The fourth-order valence-electron chi connectivity index (χ4n) is 3.57. The first kappa shape index (κ1) is 23.3. The highest BCUT2D eigenvalue weighted by atomic mass is 32.2. The van der Waals surface area contributed by atoms with Gasteiger partial charge in [0, 0.05) is 24.1 Å². The number of carbonyl (C=O) groups excluding carboxylic acids is 2. The van der Waals surface area contributed by atoms with Gasteiger partial charge in [0.25, 0.3) is 5.91 Å². The highest BCUT2D eigenvalue weighted by Gasteiger charge is 2.39. The van der Waals surface area contributed by atoms with Crippen LogP contribution in [0.4, 0.5) is 11.4 Å². The Balaban J connectivity index is 1.65. The zero-order chi connectivity index (χ0) is 23.5. The van der Waals surface area contributed by atoms with Gasteiger partial charge in [-0.15, -0.1) is 0 Å². The van der Waals surface area contributed by atoms with E-state index >= 15 is 0 Å². The third-order valence-electron chi connectivity index (χ3n) is 5.20. The molecule has 0 aliphatic carbocycles. The van der Waals surface area contributed by atoms with Gasteiger partial charge in [0.1, 0.15) is 15.7 Å². The number of nitrogens with zero attached hydrogens (tertiary/aromatic N) is 3. The Kier molecular flexibility index (Phi) is 6.99. The molecule has 0 bridgehead atoms. The van der Waals surface area contributed by atoms with Crippen molar-refractivity contribution in [2.75, 3.05) is 31.7 Å². The minimum absolute atomic E-state index is 0.0508. The van der Waals surface area contributed by atoms with Gasteiger partial charge in [0.15, 0.2) is 5.17 Å². The van der Waals surface area contributed by atoms with E-state index in [9.17, 15) is 9.59 Å². The highest BCUT2D eigenvalue weighted by Crippen LogP contribution is 2.51. The minimum atomic E-state index is -0.363. The number of anilines is 1. The maximum Gasteiger partial charge on any atom is 0.338 e. The van der Waals surface area contributed by atoms with Crippen molar-refractivity contribution in [3.05, 3.63) is 58.0 Å². The predicted molar refractivity (Wildman–Crippen MR) is 133 cm³/mol. The summed E-state index contributed by atoms with van der Waals surface area (Å²) in [5.74, 6) is 0.372. The second-order valence-corrected chi connectivity index (χ2v) is 9.14. The molecule has 2 aliphatic rings. The standard InChI is InChI=1S/C24H25N3O4S2/c1-5-26-18-14-17(30-4)12-13-19(18)32-22(26)20-21(28)27(6-2)24(33-20)25-16-10-8-15(9-11-16)23(29)31-7-3/h8-14H,5-7H2,1-4H3/b22-20-,25-24?. The van der Waals surface area contributed by atoms with E-state index in [0.717, 1.165) is 27.9 Å². The van der Waals surface area contributed by atoms with Gasteiger partial charge >= 0.3 is 5.97 Å². The van der Waals surface area contributed by atoms with Crippen LogP contribution in [-0.2, 0) is 9.53 Å². The summed E-state index contributed by atoms with van der Waals surface area (Å²) in [5, 5.41) is 1.54. The first-order valence-electron chi connectivity index (χ1n) is 10.7. The molecule has 1 fully saturated rings. The normalized spacial score (nSPS) is 18.8. The first-order chi connectivity index (χ1) is 16.0. The average molecular weight is 484 g/mol. The third kappa shape index (κ3) is 4.47. The molecule has 0 saturated carbocycles. The number of rotatable bonds is 6. The Morgan fingerprint density at radius 1 is 1.00 bits per heavy atom. The van der Waals surface area contributed by atoms with Crippen molar-refractivity contribution in [1.29, 1.82) is 0 Å². The molecule has 2 aromatic rings. The van der Waals surface area contributed by atoms with E-state index < -0.39 is 0 Å². The smallest absolute Gasteiger partial charge is 0.338 e. The summed E-state index contributed by atoms with van der Waals surface area (Å²) in [6, 6.07) is 12.8. The van der Waals surface area contributed by atoms with Crippen molar-refractivity contribution in [2.45, 2.75) is 25.7 Å². The van der Waals surface area contributed by atoms with E-state index in [1.54, 1.807) is 55.0 Å². The molecule has 0 aromatic heterocycles. The fraction of sp³-hybridized carbons (Fsp3) is 0.292. The van der Waals surface area contributed by atoms with E-state index in [0.29, 0.717) is 34.5 Å². The number of amidine groups is 1. The number of hydrogen-bond donors (Lipinski definition) is 0. The summed E-state index contributed by atoms with van der Waals surface area (Å²) in [5.41, 5.74) is 2.18. The van der Waals surface area contributed by atoms with Crippen LogP contribution in [0.1, 0.15) is 31.1 Å². The van der Waals surface area contributed by atoms with Crippen LogP contribution < -0.4 is 9.64 Å². The van der Waals surface area contributed by atoms with Crippen molar-refractivity contribution in [3.63, 3.8) is 0 Å². The number of esters is 1. The molecule has 0 radical (unpaired) electrons. The maximum absolute atomic E-state index is 13.3. The Morgan fingerprint density at radius 3 is 2.36 bits per heavy atom. The van der Waals surface area contributed by atoms with Crippen LogP contribution in [0.15, 0.2) is 62.3 Å². The third-order valence-corrected chi connectivity index (χ3v) is 7.58. The van der Waals surface area contributed by atoms with Crippen LogP contribution in [0.2, 0.25) is 0 Å². The maximum atomic E-state index is 13.3. The van der Waals surface area contributed by atoms with E-state index in [-0.39, 0.29) is 11.9 Å². The molecule has 1 saturated heterocycles. The lowest BCUT2D eigenvalue weighted by Gasteiger charge is -2.19. The van der Waals surface area contributed by atoms with Crippen molar-refractivity contribution in [1.82, 2.24) is 4.90 Å². The van der Waals surface area contributed by atoms with Crippen LogP contribution in [0.5, 0.6) is 5.75 Å². The van der Waals surface area contributed by atoms with Gasteiger partial charge in [-0.1, -0.05) is 11.8 Å². The molecule has 172 valence electrons. The predicted octanol–water partition coefficient (Wildman–Crippen LogP) is 5.26. The van der Waals surface area contributed by atoms with Crippen molar-refractivity contribution in [2.24, 2.45) is 4.99 Å². The molecule has 4 rings (SSSR count). The molecule has 1 amide bonds. The van der Waals surface area contributed by atoms with E-state index in [1.807, 2.05) is 25.1 Å². The molecule has 0 unspecified atom stereocenters. The number of likely N-dealkylation sites (N-methyl/N-ethyl adjacent to an activating group) is 1. The van der Waals surface area contributed by atoms with Gasteiger partial charge in [-0.2, -0.15) is 0 Å². The Labute approximate surface area is 201 Å². The van der Waals surface area contributed by atoms with Crippen LogP contribution in [-0.4, -0.2) is 48.8 Å². The largest absolute Gasteiger partial charge is 0.497 e. The molecule has 2 aromatic carbocycles. The number of hydrogen-bond acceptors (Lipinski definition) is 8. The monoisotopic (exact) mass is 483 g/mol. The number of ether oxygens (including phenoxy) is 2. The summed E-state index contributed by atoms with van der Waals surface area (Å²) in [6.07, 6.45) is 0. The van der Waals surface area contributed by atoms with Gasteiger partial charge in [0.2, 0.25) is 0 Å². The number of aliphatic imine (C=N–C) groups is 1. The summed E-state index contributed by atoms with van der Waals surface area (Å²) in [6.45, 7) is 7.35. The van der Waals surface area contributed by atoms with E-state index in [4.69, 9.17) is 14.5 Å². The van der Waals surface area contributed by atoms with E-state index in [2.05, 4.69) is 11.8 Å². The number of benzene rings is 2. The molecular formula is C24H25N3O4S2. The number of thioether (sulfide) groups is 2.